The van der Waals surface area contributed by atoms with Crippen molar-refractivity contribution >= 4 is 28.8 Å². The number of rotatable bonds is 4. The van der Waals surface area contributed by atoms with Crippen molar-refractivity contribution in [1.29, 1.82) is 0 Å². The lowest BCUT2D eigenvalue weighted by molar-refractivity contribution is -0.132. The van der Waals surface area contributed by atoms with Gasteiger partial charge in [0.25, 0.3) is 5.91 Å². The number of carbonyl (C=O) groups is 2. The summed E-state index contributed by atoms with van der Waals surface area (Å²) in [6, 6.07) is 6.85. The van der Waals surface area contributed by atoms with E-state index >= 15 is 0 Å². The summed E-state index contributed by atoms with van der Waals surface area (Å²) in [5, 5.41) is 15.2. The molecule has 25 heavy (non-hydrogen) atoms. The van der Waals surface area contributed by atoms with E-state index < -0.39 is 24.5 Å². The van der Waals surface area contributed by atoms with Crippen LogP contribution in [0.15, 0.2) is 42.6 Å². The second kappa shape index (κ2) is 6.22. The van der Waals surface area contributed by atoms with Gasteiger partial charge in [-0.3, -0.25) is 9.59 Å². The second-order valence-corrected chi connectivity index (χ2v) is 6.64. The van der Waals surface area contributed by atoms with Crippen LogP contribution in [0.4, 0.5) is 0 Å². The Labute approximate surface area is 145 Å². The maximum atomic E-state index is 12.3. The highest BCUT2D eigenvalue weighted by atomic mass is 16.3. The van der Waals surface area contributed by atoms with Crippen molar-refractivity contribution in [2.75, 3.05) is 6.61 Å². The number of carbonyl (C=O) groups excluding carboxylic acids is 2. The van der Waals surface area contributed by atoms with E-state index in [9.17, 15) is 9.59 Å². The number of para-hydroxylation sites is 1. The monoisotopic (exact) mass is 339 g/mol. The van der Waals surface area contributed by atoms with Gasteiger partial charge in [0, 0.05) is 27.6 Å². The van der Waals surface area contributed by atoms with Gasteiger partial charge in [-0.1, -0.05) is 38.1 Å². The van der Waals surface area contributed by atoms with E-state index in [0.717, 1.165) is 22.2 Å². The molecule has 1 aromatic carbocycles. The molecule has 3 rings (SSSR count). The lowest BCUT2D eigenvalue weighted by Crippen LogP contribution is -2.56. The predicted molar refractivity (Wildman–Crippen MR) is 96.7 cm³/mol. The minimum atomic E-state index is -0.920. The number of hydrogen-bond acceptors (Lipinski definition) is 3. The molecule has 6 heteroatoms. The molecule has 1 aliphatic heterocycles. The molecule has 2 heterocycles. The smallest absolute Gasteiger partial charge is 0.268 e. The van der Waals surface area contributed by atoms with Crippen LogP contribution in [0.25, 0.3) is 17.0 Å². The molecule has 2 aromatic rings. The number of aromatic nitrogens is 1. The standard InChI is InChI=1S/C19H21N3O3/c1-4-19(2,3)16-12(11-7-5-6-8-13(11)20-16)9-14-17(24)22-15(10-23)18(25)21-14/h4-9,15,20,23H,1,10H2,2-3H3,(H,21,25)(H,22,24)/b14-9-/t15-/m0/s1. The largest absolute Gasteiger partial charge is 0.394 e. The van der Waals surface area contributed by atoms with Gasteiger partial charge >= 0.3 is 0 Å². The molecule has 4 N–H and O–H groups in total. The van der Waals surface area contributed by atoms with Gasteiger partial charge in [0.2, 0.25) is 5.91 Å². The Hall–Kier alpha value is -2.86. The molecule has 2 amide bonds. The number of fused-ring (bicyclic) bond motifs is 1. The van der Waals surface area contributed by atoms with E-state index in [0.29, 0.717) is 0 Å². The van der Waals surface area contributed by atoms with Gasteiger partial charge in [-0.15, -0.1) is 6.58 Å². The average molecular weight is 339 g/mol. The van der Waals surface area contributed by atoms with Crippen molar-refractivity contribution in [1.82, 2.24) is 15.6 Å². The zero-order valence-electron chi connectivity index (χ0n) is 14.2. The number of aliphatic hydroxyl groups is 1. The topological polar surface area (TPSA) is 94.2 Å². The van der Waals surface area contributed by atoms with Gasteiger partial charge < -0.3 is 20.7 Å². The summed E-state index contributed by atoms with van der Waals surface area (Å²) in [7, 11) is 0. The van der Waals surface area contributed by atoms with Crippen LogP contribution in [0.1, 0.15) is 25.1 Å². The number of aliphatic hydroxyl groups excluding tert-OH is 1. The number of H-pyrrole nitrogens is 1. The number of aromatic amines is 1. The van der Waals surface area contributed by atoms with Crippen LogP contribution in [-0.4, -0.2) is 34.6 Å². The minimum Gasteiger partial charge on any atom is -0.394 e. The Morgan fingerprint density at radius 3 is 2.68 bits per heavy atom. The number of hydrogen-bond donors (Lipinski definition) is 4. The van der Waals surface area contributed by atoms with Gasteiger partial charge in [-0.05, 0) is 12.1 Å². The first-order chi connectivity index (χ1) is 11.9. The maximum Gasteiger partial charge on any atom is 0.268 e. The maximum absolute atomic E-state index is 12.3. The Bertz CT molecular complexity index is 892. The summed E-state index contributed by atoms with van der Waals surface area (Å²) in [6.07, 6.45) is 3.50. The van der Waals surface area contributed by atoms with Crippen LogP contribution < -0.4 is 10.6 Å². The highest BCUT2D eigenvalue weighted by Crippen LogP contribution is 2.33. The van der Waals surface area contributed by atoms with Crippen molar-refractivity contribution in [2.24, 2.45) is 0 Å². The van der Waals surface area contributed by atoms with Crippen LogP contribution >= 0.6 is 0 Å². The predicted octanol–water partition coefficient (Wildman–Crippen LogP) is 1.58. The molecule has 1 saturated heterocycles. The summed E-state index contributed by atoms with van der Waals surface area (Å²) < 4.78 is 0. The molecule has 1 fully saturated rings. The van der Waals surface area contributed by atoms with E-state index in [1.807, 2.05) is 44.2 Å². The molecule has 0 unspecified atom stereocenters. The van der Waals surface area contributed by atoms with E-state index in [2.05, 4.69) is 22.2 Å². The Morgan fingerprint density at radius 2 is 2.00 bits per heavy atom. The summed E-state index contributed by atoms with van der Waals surface area (Å²) >= 11 is 0. The normalized spacial score (nSPS) is 19.8. The molecule has 0 saturated carbocycles. The third kappa shape index (κ3) is 2.96. The molecular formula is C19H21N3O3. The van der Waals surface area contributed by atoms with Crippen LogP contribution in [0.3, 0.4) is 0 Å². The van der Waals surface area contributed by atoms with Crippen LogP contribution in [-0.2, 0) is 15.0 Å². The molecule has 6 nitrogen and oxygen atoms in total. The van der Waals surface area contributed by atoms with Gasteiger partial charge in [-0.25, -0.2) is 0 Å². The van der Waals surface area contributed by atoms with Crippen LogP contribution in [0.5, 0.6) is 0 Å². The highest BCUT2D eigenvalue weighted by Gasteiger charge is 2.30. The van der Waals surface area contributed by atoms with Crippen molar-refractivity contribution in [3.8, 4) is 0 Å². The quantitative estimate of drug-likeness (QED) is 0.503. The first-order valence-corrected chi connectivity index (χ1v) is 8.06. The SMILES string of the molecule is C=CC(C)(C)c1[nH]c2ccccc2c1/C=C1\NC(=O)[C@H](CO)NC1=O. The zero-order valence-corrected chi connectivity index (χ0v) is 14.2. The van der Waals surface area contributed by atoms with Gasteiger partial charge in [0.05, 0.1) is 6.61 Å². The van der Waals surface area contributed by atoms with E-state index in [-0.39, 0.29) is 11.1 Å². The first kappa shape index (κ1) is 17.0. The van der Waals surface area contributed by atoms with Crippen LogP contribution in [0, 0.1) is 0 Å². The molecule has 0 bridgehead atoms. The molecule has 0 spiro atoms. The molecule has 130 valence electrons. The molecule has 0 aliphatic carbocycles. The fraction of sp³-hybridized carbons (Fsp3) is 0.263. The van der Waals surface area contributed by atoms with E-state index in [1.54, 1.807) is 6.08 Å². The number of allylic oxidation sites excluding steroid dienone is 1. The summed E-state index contributed by atoms with van der Waals surface area (Å²) in [5.41, 5.74) is 2.47. The second-order valence-electron chi connectivity index (χ2n) is 6.64. The lowest BCUT2D eigenvalue weighted by atomic mass is 9.86. The Kier molecular flexibility index (Phi) is 4.22. The molecule has 1 aromatic heterocycles. The minimum absolute atomic E-state index is 0.153. The van der Waals surface area contributed by atoms with Gasteiger partial charge in [0.15, 0.2) is 0 Å². The number of nitrogens with one attached hydrogen (secondary N) is 3. The molecule has 1 aliphatic rings. The fourth-order valence-corrected chi connectivity index (χ4v) is 2.88. The Balaban J connectivity index is 2.15. The molecular weight excluding hydrogens is 318 g/mol. The number of benzene rings is 1. The van der Waals surface area contributed by atoms with Crippen molar-refractivity contribution < 1.29 is 14.7 Å². The molecule has 0 radical (unpaired) electrons. The average Bonchev–Trinajstić information content (AvgIpc) is 2.97. The molecule has 1 atom stereocenters. The van der Waals surface area contributed by atoms with Gasteiger partial charge in [0.1, 0.15) is 11.7 Å². The van der Waals surface area contributed by atoms with E-state index in [4.69, 9.17) is 5.11 Å². The van der Waals surface area contributed by atoms with E-state index in [1.165, 1.54) is 0 Å². The van der Waals surface area contributed by atoms with Gasteiger partial charge in [-0.2, -0.15) is 0 Å². The Morgan fingerprint density at radius 1 is 1.28 bits per heavy atom. The van der Waals surface area contributed by atoms with Crippen LogP contribution in [0.2, 0.25) is 0 Å². The van der Waals surface area contributed by atoms with Crippen molar-refractivity contribution in [3.05, 3.63) is 53.9 Å². The summed E-state index contributed by atoms with van der Waals surface area (Å²) in [6.45, 7) is 7.50. The number of amides is 2. The first-order valence-electron chi connectivity index (χ1n) is 8.06. The lowest BCUT2D eigenvalue weighted by Gasteiger charge is -2.24. The fourth-order valence-electron chi connectivity index (χ4n) is 2.88. The third-order valence-corrected chi connectivity index (χ3v) is 4.50. The zero-order chi connectivity index (χ0) is 18.2. The summed E-state index contributed by atoms with van der Waals surface area (Å²) in [4.78, 5) is 27.6. The highest BCUT2D eigenvalue weighted by molar-refractivity contribution is 6.08. The van der Waals surface area contributed by atoms with Crippen molar-refractivity contribution in [2.45, 2.75) is 25.3 Å². The van der Waals surface area contributed by atoms with Crippen molar-refractivity contribution in [3.63, 3.8) is 0 Å². The number of piperazine rings is 1. The summed E-state index contributed by atoms with van der Waals surface area (Å²) in [5.74, 6) is -0.857. The third-order valence-electron chi connectivity index (χ3n) is 4.50.